The zero-order chi connectivity index (χ0) is 16.9. The summed E-state index contributed by atoms with van der Waals surface area (Å²) in [5.41, 5.74) is 2.03. The molecule has 0 fully saturated rings. The summed E-state index contributed by atoms with van der Waals surface area (Å²) in [5.74, 6) is 0.909. The molecule has 0 saturated heterocycles. The predicted molar refractivity (Wildman–Crippen MR) is 93.8 cm³/mol. The summed E-state index contributed by atoms with van der Waals surface area (Å²) in [6.07, 6.45) is 0.424. The lowest BCUT2D eigenvalue weighted by Crippen LogP contribution is -2.41. The van der Waals surface area contributed by atoms with Gasteiger partial charge in [-0.15, -0.1) is 0 Å². The maximum atomic E-state index is 12.4. The SMILES string of the molecule is COc1ccc([C@@H](CC(=O)NC(C)(C)C)c2ccccc2)cc1. The molecule has 1 N–H and O–H groups in total. The minimum atomic E-state index is -0.224. The highest BCUT2D eigenvalue weighted by Gasteiger charge is 2.21. The topological polar surface area (TPSA) is 38.3 Å². The molecule has 23 heavy (non-hydrogen) atoms. The number of nitrogens with one attached hydrogen (secondary N) is 1. The van der Waals surface area contributed by atoms with E-state index in [1.807, 2.05) is 63.2 Å². The molecule has 1 atom stereocenters. The first-order valence-electron chi connectivity index (χ1n) is 7.89. The normalized spacial score (nSPS) is 12.5. The zero-order valence-electron chi connectivity index (χ0n) is 14.3. The van der Waals surface area contributed by atoms with E-state index in [4.69, 9.17) is 4.74 Å². The van der Waals surface area contributed by atoms with Crippen LogP contribution in [0.5, 0.6) is 5.75 Å². The lowest BCUT2D eigenvalue weighted by molar-refractivity contribution is -0.122. The van der Waals surface area contributed by atoms with Gasteiger partial charge in [0.2, 0.25) is 5.91 Å². The van der Waals surface area contributed by atoms with Gasteiger partial charge in [-0.1, -0.05) is 42.5 Å². The largest absolute Gasteiger partial charge is 0.497 e. The van der Waals surface area contributed by atoms with Gasteiger partial charge in [-0.25, -0.2) is 0 Å². The van der Waals surface area contributed by atoms with Gasteiger partial charge in [0, 0.05) is 17.9 Å². The van der Waals surface area contributed by atoms with E-state index in [0.29, 0.717) is 6.42 Å². The lowest BCUT2D eigenvalue weighted by Gasteiger charge is -2.24. The Labute approximate surface area is 138 Å². The van der Waals surface area contributed by atoms with E-state index in [1.165, 1.54) is 0 Å². The van der Waals surface area contributed by atoms with Gasteiger partial charge < -0.3 is 10.1 Å². The average Bonchev–Trinajstić information content (AvgIpc) is 2.52. The van der Waals surface area contributed by atoms with Gasteiger partial charge >= 0.3 is 0 Å². The zero-order valence-corrected chi connectivity index (χ0v) is 14.3. The van der Waals surface area contributed by atoms with Crippen molar-refractivity contribution in [2.45, 2.75) is 38.6 Å². The third-order valence-electron chi connectivity index (χ3n) is 3.62. The van der Waals surface area contributed by atoms with Crippen LogP contribution >= 0.6 is 0 Å². The maximum Gasteiger partial charge on any atom is 0.221 e. The molecule has 0 radical (unpaired) electrons. The summed E-state index contributed by atoms with van der Waals surface area (Å²) in [6, 6.07) is 18.1. The number of amides is 1. The molecule has 0 aromatic heterocycles. The van der Waals surface area contributed by atoms with Crippen molar-refractivity contribution in [2.75, 3.05) is 7.11 Å². The summed E-state index contributed by atoms with van der Waals surface area (Å²) >= 11 is 0. The van der Waals surface area contributed by atoms with E-state index in [2.05, 4.69) is 17.4 Å². The molecule has 0 saturated carbocycles. The Bertz CT molecular complexity index is 627. The van der Waals surface area contributed by atoms with Crippen LogP contribution in [0, 0.1) is 0 Å². The van der Waals surface area contributed by atoms with Gasteiger partial charge in [0.05, 0.1) is 7.11 Å². The minimum absolute atomic E-state index is 0.0319. The Hall–Kier alpha value is -2.29. The molecule has 1 amide bonds. The van der Waals surface area contributed by atoms with Gasteiger partial charge in [-0.3, -0.25) is 4.79 Å². The summed E-state index contributed by atoms with van der Waals surface area (Å²) < 4.78 is 5.22. The first kappa shape index (κ1) is 17.1. The van der Waals surface area contributed by atoms with Gasteiger partial charge in [0.25, 0.3) is 0 Å². The van der Waals surface area contributed by atoms with Crippen LogP contribution in [0.15, 0.2) is 54.6 Å². The quantitative estimate of drug-likeness (QED) is 0.901. The highest BCUT2D eigenvalue weighted by atomic mass is 16.5. The molecular weight excluding hydrogens is 286 g/mol. The number of ether oxygens (including phenoxy) is 1. The lowest BCUT2D eigenvalue weighted by atomic mass is 9.88. The van der Waals surface area contributed by atoms with Crippen molar-refractivity contribution >= 4 is 5.91 Å². The van der Waals surface area contributed by atoms with Crippen molar-refractivity contribution in [3.63, 3.8) is 0 Å². The maximum absolute atomic E-state index is 12.4. The molecule has 0 heterocycles. The smallest absolute Gasteiger partial charge is 0.221 e. The number of benzene rings is 2. The molecule has 0 spiro atoms. The Morgan fingerprint density at radius 1 is 1.00 bits per heavy atom. The second-order valence-electron chi connectivity index (χ2n) is 6.74. The first-order chi connectivity index (χ1) is 10.9. The van der Waals surface area contributed by atoms with Crippen molar-refractivity contribution < 1.29 is 9.53 Å². The van der Waals surface area contributed by atoms with Crippen LogP contribution in [0.4, 0.5) is 0 Å². The van der Waals surface area contributed by atoms with Gasteiger partial charge in [-0.05, 0) is 44.0 Å². The van der Waals surface area contributed by atoms with E-state index in [9.17, 15) is 4.79 Å². The third kappa shape index (κ3) is 5.13. The van der Waals surface area contributed by atoms with Crippen LogP contribution in [-0.2, 0) is 4.79 Å². The molecule has 2 rings (SSSR count). The molecule has 3 nitrogen and oxygen atoms in total. The fraction of sp³-hybridized carbons (Fsp3) is 0.350. The Kier molecular flexibility index (Phi) is 5.43. The van der Waals surface area contributed by atoms with Crippen LogP contribution < -0.4 is 10.1 Å². The highest BCUT2D eigenvalue weighted by molar-refractivity contribution is 5.78. The number of methoxy groups -OCH3 is 1. The number of rotatable bonds is 5. The summed E-state index contributed by atoms with van der Waals surface area (Å²) in [5, 5.41) is 3.05. The number of hydrogen-bond donors (Lipinski definition) is 1. The van der Waals surface area contributed by atoms with Crippen molar-refractivity contribution in [3.05, 3.63) is 65.7 Å². The molecule has 0 aliphatic heterocycles. The molecule has 2 aromatic carbocycles. The molecular formula is C20H25NO2. The number of carbonyl (C=O) groups is 1. The van der Waals surface area contributed by atoms with Crippen molar-refractivity contribution in [1.82, 2.24) is 5.32 Å². The molecule has 0 bridgehead atoms. The van der Waals surface area contributed by atoms with Gasteiger partial charge in [0.15, 0.2) is 0 Å². The molecule has 0 aliphatic rings. The van der Waals surface area contributed by atoms with E-state index in [-0.39, 0.29) is 17.4 Å². The molecule has 122 valence electrons. The van der Waals surface area contributed by atoms with Crippen LogP contribution in [0.2, 0.25) is 0 Å². The van der Waals surface area contributed by atoms with E-state index in [0.717, 1.165) is 16.9 Å². The van der Waals surface area contributed by atoms with Crippen LogP contribution in [0.1, 0.15) is 44.2 Å². The van der Waals surface area contributed by atoms with Gasteiger partial charge in [0.1, 0.15) is 5.75 Å². The summed E-state index contributed by atoms with van der Waals surface area (Å²) in [7, 11) is 1.65. The van der Waals surface area contributed by atoms with Crippen LogP contribution in [0.3, 0.4) is 0 Å². The summed E-state index contributed by atoms with van der Waals surface area (Å²) in [6.45, 7) is 5.99. The molecule has 0 aliphatic carbocycles. The van der Waals surface area contributed by atoms with Gasteiger partial charge in [-0.2, -0.15) is 0 Å². The summed E-state index contributed by atoms with van der Waals surface area (Å²) in [4.78, 5) is 12.4. The second-order valence-corrected chi connectivity index (χ2v) is 6.74. The molecule has 3 heteroatoms. The van der Waals surface area contributed by atoms with Crippen LogP contribution in [-0.4, -0.2) is 18.6 Å². The highest BCUT2D eigenvalue weighted by Crippen LogP contribution is 2.29. The van der Waals surface area contributed by atoms with Crippen molar-refractivity contribution in [3.8, 4) is 5.75 Å². The number of carbonyl (C=O) groups excluding carboxylic acids is 1. The predicted octanol–water partition coefficient (Wildman–Crippen LogP) is 4.13. The fourth-order valence-corrected chi connectivity index (χ4v) is 2.60. The first-order valence-corrected chi connectivity index (χ1v) is 7.89. The fourth-order valence-electron chi connectivity index (χ4n) is 2.60. The Morgan fingerprint density at radius 3 is 2.09 bits per heavy atom. The van der Waals surface area contributed by atoms with Crippen molar-refractivity contribution in [2.24, 2.45) is 0 Å². The molecule has 2 aromatic rings. The van der Waals surface area contributed by atoms with E-state index >= 15 is 0 Å². The third-order valence-corrected chi connectivity index (χ3v) is 3.62. The average molecular weight is 311 g/mol. The van der Waals surface area contributed by atoms with E-state index in [1.54, 1.807) is 7.11 Å². The van der Waals surface area contributed by atoms with Crippen molar-refractivity contribution in [1.29, 1.82) is 0 Å². The second kappa shape index (κ2) is 7.32. The van der Waals surface area contributed by atoms with E-state index < -0.39 is 0 Å². The van der Waals surface area contributed by atoms with Crippen LogP contribution in [0.25, 0.3) is 0 Å². The monoisotopic (exact) mass is 311 g/mol. The standard InChI is InChI=1S/C20H25NO2/c1-20(2,3)21-19(22)14-18(15-8-6-5-7-9-15)16-10-12-17(23-4)13-11-16/h5-13,18H,14H2,1-4H3,(H,21,22)/t18-/m0/s1. The Balaban J connectivity index is 2.27. The minimum Gasteiger partial charge on any atom is -0.497 e. The molecule has 0 unspecified atom stereocenters. The Morgan fingerprint density at radius 2 is 1.57 bits per heavy atom. The number of hydrogen-bond acceptors (Lipinski definition) is 2.